The summed E-state index contributed by atoms with van der Waals surface area (Å²) in [5, 5.41) is 11.6. The highest BCUT2D eigenvalue weighted by Gasteiger charge is 2.24. The predicted octanol–water partition coefficient (Wildman–Crippen LogP) is 5.65. The maximum atomic E-state index is 13.7. The zero-order valence-corrected chi connectivity index (χ0v) is 20.8. The van der Waals surface area contributed by atoms with Gasteiger partial charge in [-0.25, -0.2) is 4.79 Å². The fourth-order valence-electron chi connectivity index (χ4n) is 4.12. The van der Waals surface area contributed by atoms with E-state index in [2.05, 4.69) is 10.4 Å². The lowest BCUT2D eigenvalue weighted by atomic mass is 10.0. The number of anilines is 1. The lowest BCUT2D eigenvalue weighted by Gasteiger charge is -2.11. The molecule has 0 fully saturated rings. The molecule has 180 valence electrons. The molecule has 0 saturated heterocycles. The van der Waals surface area contributed by atoms with E-state index in [1.54, 1.807) is 24.4 Å². The van der Waals surface area contributed by atoms with E-state index >= 15 is 0 Å². The van der Waals surface area contributed by atoms with E-state index in [1.165, 1.54) is 16.0 Å². The summed E-state index contributed by atoms with van der Waals surface area (Å²) in [6.07, 6.45) is 0. The Hall–Kier alpha value is -4.30. The third kappa shape index (κ3) is 4.05. The summed E-state index contributed by atoms with van der Waals surface area (Å²) in [5.74, 6) is -0.980. The van der Waals surface area contributed by atoms with E-state index in [0.29, 0.717) is 21.6 Å². The minimum absolute atomic E-state index is 0.0200. The number of nitrogens with one attached hydrogen (secondary N) is 1. The summed E-state index contributed by atoms with van der Waals surface area (Å²) >= 11 is 1.17. The van der Waals surface area contributed by atoms with Gasteiger partial charge in [0.15, 0.2) is 5.69 Å². The first-order valence-corrected chi connectivity index (χ1v) is 12.4. The number of aromatic nitrogens is 2. The van der Waals surface area contributed by atoms with Crippen LogP contribution in [-0.2, 0) is 4.74 Å². The summed E-state index contributed by atoms with van der Waals surface area (Å²) in [6, 6.07) is 18.6. The summed E-state index contributed by atoms with van der Waals surface area (Å²) < 4.78 is 6.41. The monoisotopic (exact) mass is 497 g/mol. The molecule has 0 aliphatic carbocycles. The number of amides is 1. The number of benzene rings is 3. The maximum absolute atomic E-state index is 13.7. The molecule has 2 heterocycles. The summed E-state index contributed by atoms with van der Waals surface area (Å²) in [5.41, 5.74) is 2.64. The molecular formula is C28H23N3O4S. The van der Waals surface area contributed by atoms with Crippen LogP contribution in [0.3, 0.4) is 0 Å². The normalized spacial score (nSPS) is 11.1. The molecule has 8 heteroatoms. The van der Waals surface area contributed by atoms with Crippen LogP contribution in [0.4, 0.5) is 5.00 Å². The van der Waals surface area contributed by atoms with E-state index in [9.17, 15) is 14.4 Å². The summed E-state index contributed by atoms with van der Waals surface area (Å²) in [7, 11) is 0. The lowest BCUT2D eigenvalue weighted by Crippen LogP contribution is -2.25. The number of esters is 1. The zero-order chi connectivity index (χ0) is 25.4. The number of fused-ring (bicyclic) bond motifs is 2. The van der Waals surface area contributed by atoms with Crippen LogP contribution in [-0.4, -0.2) is 28.3 Å². The van der Waals surface area contributed by atoms with Crippen LogP contribution in [0.25, 0.3) is 27.2 Å². The highest BCUT2D eigenvalue weighted by Crippen LogP contribution is 2.32. The van der Waals surface area contributed by atoms with E-state index in [1.807, 2.05) is 62.4 Å². The molecule has 5 rings (SSSR count). The molecule has 1 N–H and O–H groups in total. The van der Waals surface area contributed by atoms with E-state index < -0.39 is 11.5 Å². The number of nitrogens with zero attached hydrogens (tertiary/aromatic N) is 2. The van der Waals surface area contributed by atoms with Crippen molar-refractivity contribution in [2.45, 2.75) is 20.8 Å². The maximum Gasteiger partial charge on any atom is 0.359 e. The molecule has 3 aromatic carbocycles. The molecule has 2 aromatic heterocycles. The van der Waals surface area contributed by atoms with Crippen molar-refractivity contribution in [3.05, 3.63) is 98.8 Å². The molecule has 7 nitrogen and oxygen atoms in total. The largest absolute Gasteiger partial charge is 0.461 e. The number of ether oxygens (including phenoxy) is 1. The third-order valence-electron chi connectivity index (χ3n) is 6.12. The van der Waals surface area contributed by atoms with E-state index in [-0.39, 0.29) is 23.6 Å². The smallest absolute Gasteiger partial charge is 0.359 e. The first-order chi connectivity index (χ1) is 17.4. The van der Waals surface area contributed by atoms with E-state index in [4.69, 9.17) is 4.74 Å². The molecule has 0 unspecified atom stereocenters. The molecule has 0 spiro atoms. The number of carbonyl (C=O) groups excluding carboxylic acids is 2. The van der Waals surface area contributed by atoms with Gasteiger partial charge in [0, 0.05) is 16.3 Å². The standard InChI is InChI=1S/C28H23N3O4S/c1-4-35-28(34)24-22-15-36-26(29-25(32)21-11-7-9-18-8-5-6-10-20(18)21)23(22)27(33)31(30-24)19-13-12-16(2)17(3)14-19/h5-15H,4H2,1-3H3,(H,29,32). The van der Waals surface area contributed by atoms with Gasteiger partial charge in [-0.15, -0.1) is 11.3 Å². The molecule has 36 heavy (non-hydrogen) atoms. The number of thiophene rings is 1. The van der Waals surface area contributed by atoms with Crippen LogP contribution in [0.15, 0.2) is 70.8 Å². The second-order valence-electron chi connectivity index (χ2n) is 8.39. The second kappa shape index (κ2) is 9.39. The highest BCUT2D eigenvalue weighted by atomic mass is 32.1. The summed E-state index contributed by atoms with van der Waals surface area (Å²) in [6.45, 7) is 5.79. The SMILES string of the molecule is CCOC(=O)c1nn(-c2ccc(C)c(C)c2)c(=O)c2c(NC(=O)c3cccc4ccccc34)scc12. The Morgan fingerprint density at radius 2 is 1.78 bits per heavy atom. The predicted molar refractivity (Wildman–Crippen MR) is 143 cm³/mol. The Bertz CT molecular complexity index is 1710. The molecule has 0 atom stereocenters. The Kier molecular flexibility index (Phi) is 6.12. The van der Waals surface area contributed by atoms with Gasteiger partial charge >= 0.3 is 5.97 Å². The molecule has 1 amide bonds. The Morgan fingerprint density at radius 3 is 2.56 bits per heavy atom. The molecular weight excluding hydrogens is 474 g/mol. The third-order valence-corrected chi connectivity index (χ3v) is 7.01. The van der Waals surface area contributed by atoms with Gasteiger partial charge in [-0.3, -0.25) is 9.59 Å². The summed E-state index contributed by atoms with van der Waals surface area (Å²) in [4.78, 5) is 39.8. The fourth-order valence-corrected chi connectivity index (χ4v) is 5.05. The number of hydrogen-bond donors (Lipinski definition) is 1. The van der Waals surface area contributed by atoms with Crippen LogP contribution in [0, 0.1) is 13.8 Å². The van der Waals surface area contributed by atoms with Crippen molar-refractivity contribution in [3.63, 3.8) is 0 Å². The van der Waals surface area contributed by atoms with Crippen molar-refractivity contribution in [3.8, 4) is 5.69 Å². The van der Waals surface area contributed by atoms with Crippen LogP contribution in [0.1, 0.15) is 38.9 Å². The van der Waals surface area contributed by atoms with Crippen molar-refractivity contribution in [2.75, 3.05) is 11.9 Å². The second-order valence-corrected chi connectivity index (χ2v) is 9.27. The van der Waals surface area contributed by atoms with Gasteiger partial charge < -0.3 is 10.1 Å². The Labute approximate surface area is 211 Å². The minimum atomic E-state index is -0.634. The quantitative estimate of drug-likeness (QED) is 0.317. The van der Waals surface area contributed by atoms with Crippen molar-refractivity contribution in [1.82, 2.24) is 9.78 Å². The molecule has 0 radical (unpaired) electrons. The molecule has 5 aromatic rings. The van der Waals surface area contributed by atoms with Gasteiger partial charge in [0.25, 0.3) is 11.5 Å². The first-order valence-electron chi connectivity index (χ1n) is 11.5. The number of hydrogen-bond acceptors (Lipinski definition) is 6. The highest BCUT2D eigenvalue weighted by molar-refractivity contribution is 7.16. The Balaban J connectivity index is 1.67. The van der Waals surface area contributed by atoms with Crippen LogP contribution < -0.4 is 10.9 Å². The first kappa shape index (κ1) is 23.4. The number of rotatable bonds is 5. The molecule has 0 aliphatic rings. The van der Waals surface area contributed by atoms with Crippen molar-refractivity contribution in [2.24, 2.45) is 0 Å². The molecule has 0 aliphatic heterocycles. The van der Waals surface area contributed by atoms with E-state index in [0.717, 1.165) is 21.9 Å². The average Bonchev–Trinajstić information content (AvgIpc) is 3.29. The zero-order valence-electron chi connectivity index (χ0n) is 20.0. The van der Waals surface area contributed by atoms with Gasteiger partial charge in [0.2, 0.25) is 0 Å². The van der Waals surface area contributed by atoms with Gasteiger partial charge in [0.05, 0.1) is 17.7 Å². The minimum Gasteiger partial charge on any atom is -0.461 e. The van der Waals surface area contributed by atoms with Gasteiger partial charge in [-0.2, -0.15) is 9.78 Å². The van der Waals surface area contributed by atoms with Crippen molar-refractivity contribution < 1.29 is 14.3 Å². The average molecular weight is 498 g/mol. The topological polar surface area (TPSA) is 90.3 Å². The number of carbonyl (C=O) groups is 2. The van der Waals surface area contributed by atoms with Crippen molar-refractivity contribution in [1.29, 1.82) is 0 Å². The van der Waals surface area contributed by atoms with Gasteiger partial charge in [-0.05, 0) is 60.9 Å². The molecule has 0 saturated carbocycles. The Morgan fingerprint density at radius 1 is 1.00 bits per heavy atom. The van der Waals surface area contributed by atoms with Crippen molar-refractivity contribution >= 4 is 49.8 Å². The fraction of sp³-hybridized carbons (Fsp3) is 0.143. The lowest BCUT2D eigenvalue weighted by molar-refractivity contribution is 0.0520. The van der Waals surface area contributed by atoms with Crippen LogP contribution in [0.2, 0.25) is 0 Å². The van der Waals surface area contributed by atoms with Crippen LogP contribution >= 0.6 is 11.3 Å². The van der Waals surface area contributed by atoms with Gasteiger partial charge in [0.1, 0.15) is 5.00 Å². The number of aryl methyl sites for hydroxylation is 2. The van der Waals surface area contributed by atoms with Gasteiger partial charge in [-0.1, -0.05) is 42.5 Å². The molecule has 0 bridgehead atoms. The van der Waals surface area contributed by atoms with Crippen LogP contribution in [0.5, 0.6) is 0 Å².